The largest absolute Gasteiger partial charge is 0.397 e. The smallest absolute Gasteiger partial charge is 0.128 e. The molecule has 0 aromatic heterocycles. The van der Waals surface area contributed by atoms with E-state index in [0.29, 0.717) is 17.7 Å². The number of nitrogens with one attached hydrogen (secondary N) is 1. The van der Waals surface area contributed by atoms with Gasteiger partial charge in [-0.3, -0.25) is 0 Å². The van der Waals surface area contributed by atoms with E-state index in [-0.39, 0.29) is 24.7 Å². The van der Waals surface area contributed by atoms with E-state index in [1.54, 1.807) is 13.0 Å². The summed E-state index contributed by atoms with van der Waals surface area (Å²) in [6, 6.07) is 2.80. The first-order valence-electron chi connectivity index (χ1n) is 5.53. The van der Waals surface area contributed by atoms with Gasteiger partial charge < -0.3 is 21.3 Å². The Bertz CT molecular complexity index is 384. The van der Waals surface area contributed by atoms with E-state index in [1.165, 1.54) is 6.07 Å². The van der Waals surface area contributed by atoms with Crippen LogP contribution >= 0.6 is 0 Å². The number of nitrogens with two attached hydrogens (primary N) is 1. The molecule has 0 saturated carbocycles. The first-order valence-corrected chi connectivity index (χ1v) is 5.53. The third-order valence-corrected chi connectivity index (χ3v) is 3.01. The Kier molecular flexibility index (Phi) is 4.31. The van der Waals surface area contributed by atoms with Gasteiger partial charge in [0.2, 0.25) is 0 Å². The van der Waals surface area contributed by atoms with Gasteiger partial charge in [0.1, 0.15) is 5.82 Å². The highest BCUT2D eigenvalue weighted by atomic mass is 19.1. The van der Waals surface area contributed by atoms with E-state index in [0.717, 1.165) is 0 Å². The maximum Gasteiger partial charge on any atom is 0.128 e. The zero-order valence-electron chi connectivity index (χ0n) is 10.1. The van der Waals surface area contributed by atoms with Crippen molar-refractivity contribution in [2.75, 3.05) is 24.3 Å². The normalized spacial score (nSPS) is 11.6. The predicted octanol–water partition coefficient (Wildman–Crippen LogP) is 1.26. The van der Waals surface area contributed by atoms with Gasteiger partial charge in [0.25, 0.3) is 0 Å². The van der Waals surface area contributed by atoms with Crippen molar-refractivity contribution in [3.8, 4) is 0 Å². The van der Waals surface area contributed by atoms with Crippen LogP contribution in [-0.4, -0.2) is 29.0 Å². The second kappa shape index (κ2) is 5.33. The van der Waals surface area contributed by atoms with Crippen LogP contribution in [0.25, 0.3) is 0 Å². The SMILES string of the molecule is CCC(CO)(CO)Nc1cc(C)c(F)cc1N. The molecule has 0 amide bonds. The van der Waals surface area contributed by atoms with Crippen molar-refractivity contribution in [1.29, 1.82) is 0 Å². The second-order valence-electron chi connectivity index (χ2n) is 4.26. The van der Waals surface area contributed by atoms with Gasteiger partial charge in [-0.1, -0.05) is 6.92 Å². The van der Waals surface area contributed by atoms with Crippen LogP contribution in [0, 0.1) is 12.7 Å². The summed E-state index contributed by atoms with van der Waals surface area (Å²) in [4.78, 5) is 0. The van der Waals surface area contributed by atoms with Gasteiger partial charge in [0.05, 0.1) is 30.1 Å². The molecule has 0 aliphatic heterocycles. The first-order chi connectivity index (χ1) is 7.98. The van der Waals surface area contributed by atoms with E-state index in [4.69, 9.17) is 5.73 Å². The number of hydrogen-bond donors (Lipinski definition) is 4. The summed E-state index contributed by atoms with van der Waals surface area (Å²) in [5, 5.41) is 21.6. The molecule has 0 saturated heterocycles. The summed E-state index contributed by atoms with van der Waals surface area (Å²) < 4.78 is 13.2. The molecule has 5 heteroatoms. The van der Waals surface area contributed by atoms with Crippen LogP contribution in [0.15, 0.2) is 12.1 Å². The highest BCUT2D eigenvalue weighted by Crippen LogP contribution is 2.26. The molecule has 4 nitrogen and oxygen atoms in total. The maximum absolute atomic E-state index is 13.2. The Morgan fingerprint density at radius 1 is 1.35 bits per heavy atom. The van der Waals surface area contributed by atoms with Gasteiger partial charge in [-0.15, -0.1) is 0 Å². The number of anilines is 2. The quantitative estimate of drug-likeness (QED) is 0.586. The molecule has 5 N–H and O–H groups in total. The van der Waals surface area contributed by atoms with Gasteiger partial charge in [0.15, 0.2) is 0 Å². The van der Waals surface area contributed by atoms with Gasteiger partial charge >= 0.3 is 0 Å². The average Bonchev–Trinajstić information content (AvgIpc) is 2.33. The molecule has 0 fully saturated rings. The molecular formula is C12H19FN2O2. The Labute approximate surface area is 100 Å². The molecule has 96 valence electrons. The zero-order chi connectivity index (χ0) is 13.1. The fraction of sp³-hybridized carbons (Fsp3) is 0.500. The first kappa shape index (κ1) is 13.7. The zero-order valence-corrected chi connectivity index (χ0v) is 10.1. The molecule has 0 spiro atoms. The van der Waals surface area contributed by atoms with Crippen molar-refractivity contribution in [3.63, 3.8) is 0 Å². The van der Waals surface area contributed by atoms with Crippen LogP contribution < -0.4 is 11.1 Å². The monoisotopic (exact) mass is 242 g/mol. The molecule has 0 heterocycles. The molecule has 0 unspecified atom stereocenters. The van der Waals surface area contributed by atoms with Crippen LogP contribution in [0.1, 0.15) is 18.9 Å². The number of nitrogen functional groups attached to an aromatic ring is 1. The Morgan fingerprint density at radius 2 is 1.94 bits per heavy atom. The number of hydrogen-bond acceptors (Lipinski definition) is 4. The number of aliphatic hydroxyl groups excluding tert-OH is 2. The summed E-state index contributed by atoms with van der Waals surface area (Å²) in [7, 11) is 0. The molecule has 17 heavy (non-hydrogen) atoms. The third kappa shape index (κ3) is 2.87. The highest BCUT2D eigenvalue weighted by molar-refractivity contribution is 5.68. The van der Waals surface area contributed by atoms with Crippen molar-refractivity contribution in [2.24, 2.45) is 0 Å². The van der Waals surface area contributed by atoms with Crippen LogP contribution in [-0.2, 0) is 0 Å². The standard InChI is InChI=1S/C12H19FN2O2/c1-3-12(6-16,7-17)15-11-4-8(2)9(13)5-10(11)14/h4-5,15-17H,3,6-7,14H2,1-2H3. The predicted molar refractivity (Wildman–Crippen MR) is 66.4 cm³/mol. The van der Waals surface area contributed by atoms with Gasteiger partial charge in [-0.2, -0.15) is 0 Å². The van der Waals surface area contributed by atoms with Crippen molar-refractivity contribution in [3.05, 3.63) is 23.5 Å². The molecule has 1 aromatic carbocycles. The van der Waals surface area contributed by atoms with Crippen molar-refractivity contribution < 1.29 is 14.6 Å². The van der Waals surface area contributed by atoms with Crippen LogP contribution in [0.4, 0.5) is 15.8 Å². The number of aliphatic hydroxyl groups is 2. The minimum Gasteiger partial charge on any atom is -0.397 e. The number of benzene rings is 1. The van der Waals surface area contributed by atoms with Crippen LogP contribution in [0.3, 0.4) is 0 Å². The lowest BCUT2D eigenvalue weighted by atomic mass is 9.97. The second-order valence-corrected chi connectivity index (χ2v) is 4.26. The number of rotatable bonds is 5. The lowest BCUT2D eigenvalue weighted by molar-refractivity contribution is 0.132. The van der Waals surface area contributed by atoms with E-state index in [1.807, 2.05) is 6.92 Å². The molecule has 0 aliphatic rings. The minimum absolute atomic E-state index is 0.226. The molecule has 0 atom stereocenters. The summed E-state index contributed by atoms with van der Waals surface area (Å²) in [5.74, 6) is -0.372. The lowest BCUT2D eigenvalue weighted by Crippen LogP contribution is -2.45. The summed E-state index contributed by atoms with van der Waals surface area (Å²) in [6.07, 6.45) is 0.524. The molecule has 1 aromatic rings. The fourth-order valence-electron chi connectivity index (χ4n) is 1.53. The van der Waals surface area contributed by atoms with Gasteiger partial charge in [-0.05, 0) is 31.0 Å². The molecular weight excluding hydrogens is 223 g/mol. The molecule has 0 aliphatic carbocycles. The minimum atomic E-state index is -0.835. The highest BCUT2D eigenvalue weighted by Gasteiger charge is 2.27. The number of aryl methyl sites for hydroxylation is 1. The fourth-order valence-corrected chi connectivity index (χ4v) is 1.53. The topological polar surface area (TPSA) is 78.5 Å². The van der Waals surface area contributed by atoms with Gasteiger partial charge in [-0.25, -0.2) is 4.39 Å². The van der Waals surface area contributed by atoms with Crippen molar-refractivity contribution >= 4 is 11.4 Å². The van der Waals surface area contributed by atoms with E-state index in [9.17, 15) is 14.6 Å². The molecule has 1 rings (SSSR count). The Balaban J connectivity index is 3.05. The summed E-state index contributed by atoms with van der Waals surface area (Å²) in [6.45, 7) is 3.02. The van der Waals surface area contributed by atoms with Crippen molar-refractivity contribution in [1.82, 2.24) is 0 Å². The summed E-state index contributed by atoms with van der Waals surface area (Å²) in [5.41, 5.74) is 6.10. The maximum atomic E-state index is 13.2. The van der Waals surface area contributed by atoms with Crippen LogP contribution in [0.2, 0.25) is 0 Å². The van der Waals surface area contributed by atoms with E-state index < -0.39 is 5.54 Å². The lowest BCUT2D eigenvalue weighted by Gasteiger charge is -2.31. The van der Waals surface area contributed by atoms with E-state index >= 15 is 0 Å². The van der Waals surface area contributed by atoms with Gasteiger partial charge in [0, 0.05) is 0 Å². The number of halogens is 1. The molecule has 0 bridgehead atoms. The molecule has 0 radical (unpaired) electrons. The van der Waals surface area contributed by atoms with E-state index in [2.05, 4.69) is 5.32 Å². The van der Waals surface area contributed by atoms with Crippen LogP contribution in [0.5, 0.6) is 0 Å². The average molecular weight is 242 g/mol. The summed E-state index contributed by atoms with van der Waals surface area (Å²) >= 11 is 0. The third-order valence-electron chi connectivity index (χ3n) is 3.01. The Morgan fingerprint density at radius 3 is 2.41 bits per heavy atom. The van der Waals surface area contributed by atoms with Crippen molar-refractivity contribution in [2.45, 2.75) is 25.8 Å². The Hall–Kier alpha value is -1.33.